The molecule has 1 aliphatic heterocycles. The van der Waals surface area contributed by atoms with E-state index in [1.54, 1.807) is 35.2 Å². The van der Waals surface area contributed by atoms with Gasteiger partial charge in [0.1, 0.15) is 17.0 Å². The van der Waals surface area contributed by atoms with Crippen LogP contribution in [0.25, 0.3) is 22.6 Å². The van der Waals surface area contributed by atoms with Gasteiger partial charge in [0, 0.05) is 56.6 Å². The SMILES string of the molecule is CC(=O)Nc1ccc2nc(-c3ccnc(C(=O)N4CCN(C(/C(N)=N/N(N)C(F)F)c5ccccc5)CC4)c3)oc2c1. The van der Waals surface area contributed by atoms with Crippen LogP contribution in [-0.4, -0.2) is 75.3 Å². The molecule has 1 fully saturated rings. The molecule has 42 heavy (non-hydrogen) atoms. The van der Waals surface area contributed by atoms with Gasteiger partial charge in [-0.25, -0.2) is 10.8 Å². The van der Waals surface area contributed by atoms with Crippen molar-refractivity contribution in [3.05, 3.63) is 78.1 Å². The van der Waals surface area contributed by atoms with E-state index in [1.807, 2.05) is 35.2 Å². The van der Waals surface area contributed by atoms with E-state index < -0.39 is 12.6 Å². The number of anilines is 1. The van der Waals surface area contributed by atoms with Crippen LogP contribution in [0.2, 0.25) is 0 Å². The number of hydrazone groups is 1. The number of hydrogen-bond donors (Lipinski definition) is 3. The van der Waals surface area contributed by atoms with Crippen LogP contribution in [0.3, 0.4) is 0 Å². The number of piperazine rings is 1. The van der Waals surface area contributed by atoms with E-state index in [0.717, 1.165) is 5.56 Å². The molecule has 218 valence electrons. The molecule has 2 aromatic heterocycles. The number of alkyl halides is 2. The molecule has 1 atom stereocenters. The highest BCUT2D eigenvalue weighted by Crippen LogP contribution is 2.28. The summed E-state index contributed by atoms with van der Waals surface area (Å²) in [5.41, 5.74) is 9.39. The van der Waals surface area contributed by atoms with Gasteiger partial charge < -0.3 is 20.4 Å². The van der Waals surface area contributed by atoms with Crippen LogP contribution in [0.4, 0.5) is 14.5 Å². The van der Waals surface area contributed by atoms with E-state index >= 15 is 0 Å². The third-order valence-corrected chi connectivity index (χ3v) is 6.73. The predicted octanol–water partition coefficient (Wildman–Crippen LogP) is 3.02. The zero-order valence-corrected chi connectivity index (χ0v) is 22.7. The van der Waals surface area contributed by atoms with Crippen LogP contribution in [0.1, 0.15) is 29.0 Å². The lowest BCUT2D eigenvalue weighted by Crippen LogP contribution is -2.52. The molecule has 5 rings (SSSR count). The summed E-state index contributed by atoms with van der Waals surface area (Å²) in [7, 11) is 0. The number of benzene rings is 2. The molecule has 1 aliphatic rings. The minimum atomic E-state index is -3.01. The first-order chi connectivity index (χ1) is 20.2. The van der Waals surface area contributed by atoms with E-state index in [9.17, 15) is 18.4 Å². The van der Waals surface area contributed by atoms with Crippen LogP contribution in [0, 0.1) is 0 Å². The number of aromatic nitrogens is 2. The van der Waals surface area contributed by atoms with Crippen LogP contribution >= 0.6 is 0 Å². The van der Waals surface area contributed by atoms with Gasteiger partial charge in [-0.15, -0.1) is 5.10 Å². The monoisotopic (exact) mass is 577 g/mol. The molecule has 0 spiro atoms. The maximum Gasteiger partial charge on any atom is 0.342 e. The predicted molar refractivity (Wildman–Crippen MR) is 152 cm³/mol. The molecule has 12 nitrogen and oxygen atoms in total. The van der Waals surface area contributed by atoms with E-state index in [-0.39, 0.29) is 28.5 Å². The molecular formula is C28H29F2N9O3. The number of rotatable bonds is 8. The Morgan fingerprint density at radius 3 is 2.50 bits per heavy atom. The molecule has 3 heterocycles. The fraction of sp³-hybridized carbons (Fsp3) is 0.250. The van der Waals surface area contributed by atoms with Crippen molar-refractivity contribution in [3.8, 4) is 11.5 Å². The highest BCUT2D eigenvalue weighted by Gasteiger charge is 2.31. The molecule has 1 unspecified atom stereocenters. The smallest absolute Gasteiger partial charge is 0.342 e. The van der Waals surface area contributed by atoms with Gasteiger partial charge in [0.25, 0.3) is 5.91 Å². The van der Waals surface area contributed by atoms with Crippen molar-refractivity contribution in [1.82, 2.24) is 24.9 Å². The molecule has 4 aromatic rings. The van der Waals surface area contributed by atoms with Crippen molar-refractivity contribution >= 4 is 34.4 Å². The summed E-state index contributed by atoms with van der Waals surface area (Å²) in [4.78, 5) is 37.2. The molecule has 5 N–H and O–H groups in total. The first-order valence-electron chi connectivity index (χ1n) is 13.1. The quantitative estimate of drug-likeness (QED) is 0.0941. The summed E-state index contributed by atoms with van der Waals surface area (Å²) in [6.07, 6.45) is 1.51. The van der Waals surface area contributed by atoms with Gasteiger partial charge in [-0.1, -0.05) is 30.3 Å². The van der Waals surface area contributed by atoms with Crippen molar-refractivity contribution in [2.24, 2.45) is 16.7 Å². The number of halogens is 2. The Kier molecular flexibility index (Phi) is 8.36. The van der Waals surface area contributed by atoms with Gasteiger partial charge >= 0.3 is 6.55 Å². The standard InChI is InChI=1S/C28H29F2N9O3/c1-17(40)34-20-7-8-21-23(16-20)42-26(35-21)19-9-10-33-22(15-19)27(41)38-13-11-37(12-14-38)24(18-5-3-2-4-6-18)25(31)36-39(32)28(29)30/h2-10,15-16,24,28H,11-14,32H2,1H3,(H2,31,36)(H,34,40). The molecule has 2 amide bonds. The minimum Gasteiger partial charge on any atom is -0.436 e. The average Bonchev–Trinajstić information content (AvgIpc) is 3.41. The number of fused-ring (bicyclic) bond motifs is 1. The highest BCUT2D eigenvalue weighted by molar-refractivity contribution is 5.94. The first kappa shape index (κ1) is 28.6. The second kappa shape index (κ2) is 12.3. The number of nitrogens with zero attached hydrogens (tertiary/aromatic N) is 6. The normalized spacial score (nSPS) is 15.2. The number of amides is 2. The summed E-state index contributed by atoms with van der Waals surface area (Å²) in [6, 6.07) is 17.0. The molecule has 0 saturated carbocycles. The summed E-state index contributed by atoms with van der Waals surface area (Å²) < 4.78 is 31.9. The number of nitrogens with one attached hydrogen (secondary N) is 1. The second-order valence-corrected chi connectivity index (χ2v) is 9.64. The number of oxazole rings is 1. The van der Waals surface area contributed by atoms with Crippen molar-refractivity contribution in [2.45, 2.75) is 19.5 Å². The molecule has 0 radical (unpaired) electrons. The van der Waals surface area contributed by atoms with Crippen LogP contribution in [0.5, 0.6) is 0 Å². The van der Waals surface area contributed by atoms with Crippen LogP contribution < -0.4 is 16.9 Å². The third kappa shape index (κ3) is 6.34. The van der Waals surface area contributed by atoms with Crippen molar-refractivity contribution < 1.29 is 22.8 Å². The lowest BCUT2D eigenvalue weighted by Gasteiger charge is -2.39. The average molecular weight is 578 g/mol. The van der Waals surface area contributed by atoms with Crippen molar-refractivity contribution in [3.63, 3.8) is 0 Å². The third-order valence-electron chi connectivity index (χ3n) is 6.73. The lowest BCUT2D eigenvalue weighted by molar-refractivity contribution is -0.114. The largest absolute Gasteiger partial charge is 0.436 e. The first-order valence-corrected chi connectivity index (χ1v) is 13.1. The number of carbonyl (C=O) groups is 2. The lowest BCUT2D eigenvalue weighted by atomic mass is 10.0. The zero-order chi connectivity index (χ0) is 29.8. The second-order valence-electron chi connectivity index (χ2n) is 9.64. The Labute approximate surface area is 239 Å². The Morgan fingerprint density at radius 2 is 1.81 bits per heavy atom. The van der Waals surface area contributed by atoms with Gasteiger partial charge in [-0.3, -0.25) is 19.5 Å². The summed E-state index contributed by atoms with van der Waals surface area (Å²) in [6.45, 7) is -0.0882. The Bertz CT molecular complexity index is 1600. The Hall–Kier alpha value is -4.95. The van der Waals surface area contributed by atoms with Gasteiger partial charge in [0.15, 0.2) is 5.58 Å². The number of pyridine rings is 1. The molecule has 1 saturated heterocycles. The summed E-state index contributed by atoms with van der Waals surface area (Å²) in [5.74, 6) is 5.05. The fourth-order valence-corrected chi connectivity index (χ4v) is 4.79. The van der Waals surface area contributed by atoms with Crippen LogP contribution in [-0.2, 0) is 4.79 Å². The van der Waals surface area contributed by atoms with Crippen LogP contribution in [0.15, 0.2) is 76.4 Å². The van der Waals surface area contributed by atoms with E-state index in [4.69, 9.17) is 16.0 Å². The number of nitrogens with two attached hydrogens (primary N) is 2. The molecular weight excluding hydrogens is 548 g/mol. The summed E-state index contributed by atoms with van der Waals surface area (Å²) >= 11 is 0. The number of carbonyl (C=O) groups excluding carboxylic acids is 2. The van der Waals surface area contributed by atoms with Crippen molar-refractivity contribution in [2.75, 3.05) is 31.5 Å². The van der Waals surface area contributed by atoms with E-state index in [0.29, 0.717) is 54.4 Å². The number of amidine groups is 1. The van der Waals surface area contributed by atoms with Gasteiger partial charge in [0.05, 0.1) is 6.04 Å². The molecule has 14 heteroatoms. The maximum atomic E-state index is 13.4. The minimum absolute atomic E-state index is 0.0303. The zero-order valence-electron chi connectivity index (χ0n) is 22.7. The molecule has 0 bridgehead atoms. The van der Waals surface area contributed by atoms with Gasteiger partial charge in [0.2, 0.25) is 11.8 Å². The Balaban J connectivity index is 1.30. The van der Waals surface area contributed by atoms with E-state index in [2.05, 4.69) is 20.4 Å². The van der Waals surface area contributed by atoms with Crippen molar-refractivity contribution in [1.29, 1.82) is 0 Å². The van der Waals surface area contributed by atoms with E-state index in [1.165, 1.54) is 13.1 Å². The van der Waals surface area contributed by atoms with Gasteiger partial charge in [-0.05, 0) is 29.8 Å². The Morgan fingerprint density at radius 1 is 1.07 bits per heavy atom. The number of hydrazine groups is 1. The summed E-state index contributed by atoms with van der Waals surface area (Å²) in [5, 5.41) is 6.42. The molecule has 2 aromatic carbocycles. The highest BCUT2D eigenvalue weighted by atomic mass is 19.3. The fourth-order valence-electron chi connectivity index (χ4n) is 4.79. The molecule has 0 aliphatic carbocycles. The number of hydrogen-bond acceptors (Lipinski definition) is 9. The van der Waals surface area contributed by atoms with Gasteiger partial charge in [-0.2, -0.15) is 13.9 Å². The topological polar surface area (TPSA) is 159 Å². The maximum absolute atomic E-state index is 13.4.